The second-order valence-corrected chi connectivity index (χ2v) is 10.3. The van der Waals surface area contributed by atoms with Gasteiger partial charge in [-0.05, 0) is 79.7 Å². The number of nitrogens with one attached hydrogen (secondary N) is 3. The summed E-state index contributed by atoms with van der Waals surface area (Å²) in [4.78, 5) is 14.3. The van der Waals surface area contributed by atoms with Crippen molar-refractivity contribution in [2.45, 2.75) is 24.0 Å². The maximum atomic E-state index is 13.4. The number of benzene rings is 4. The van der Waals surface area contributed by atoms with Crippen LogP contribution in [0.1, 0.15) is 21.9 Å². The molecular formula is C29H26ClN3OS2. The fraction of sp³-hybridized carbons (Fsp3) is 0.103. The quantitative estimate of drug-likeness (QED) is 0.165. The molecule has 0 aliphatic rings. The van der Waals surface area contributed by atoms with E-state index < -0.39 is 5.25 Å². The average Bonchev–Trinajstić information content (AvgIpc) is 2.87. The molecule has 4 nitrogen and oxygen atoms in total. The summed E-state index contributed by atoms with van der Waals surface area (Å²) in [5, 5.41) is 10.1. The van der Waals surface area contributed by atoms with Gasteiger partial charge >= 0.3 is 0 Å². The lowest BCUT2D eigenvalue weighted by molar-refractivity contribution is -0.115. The minimum atomic E-state index is -0.459. The minimum Gasteiger partial charge on any atom is -0.332 e. The number of thioether (sulfide) groups is 1. The van der Waals surface area contributed by atoms with Crippen LogP contribution in [0.3, 0.4) is 0 Å². The van der Waals surface area contributed by atoms with Crippen molar-refractivity contribution in [3.63, 3.8) is 0 Å². The van der Waals surface area contributed by atoms with E-state index in [0.717, 1.165) is 27.4 Å². The zero-order chi connectivity index (χ0) is 25.5. The highest BCUT2D eigenvalue weighted by molar-refractivity contribution is 8.00. The van der Waals surface area contributed by atoms with Gasteiger partial charge in [0.1, 0.15) is 5.25 Å². The Balaban J connectivity index is 1.49. The van der Waals surface area contributed by atoms with Crippen molar-refractivity contribution in [3.05, 3.63) is 119 Å². The second kappa shape index (κ2) is 12.1. The molecule has 1 atom stereocenters. The van der Waals surface area contributed by atoms with Gasteiger partial charge in [0.05, 0.1) is 0 Å². The molecule has 0 aliphatic heterocycles. The summed E-state index contributed by atoms with van der Waals surface area (Å²) in [5.74, 6) is -0.124. The number of carbonyl (C=O) groups excluding carboxylic acids is 1. The average molecular weight is 532 g/mol. The Morgan fingerprint density at radius 2 is 1.44 bits per heavy atom. The standard InChI is InChI=1S/C29H26ClN3OS2/c1-19-11-14-22(15-12-19)32-29(35)33-23-9-6-10-25(17-23)36-27(21-7-4-3-5-8-21)28(34)31-24-16-13-20(2)26(30)18-24/h3-18,27H,1-2H3,(H,31,34)(H2,32,33,35). The molecule has 1 unspecified atom stereocenters. The van der Waals surface area contributed by atoms with Gasteiger partial charge in [-0.15, -0.1) is 11.8 Å². The number of rotatable bonds is 7. The van der Waals surface area contributed by atoms with Crippen LogP contribution in [0.15, 0.2) is 102 Å². The van der Waals surface area contributed by atoms with Gasteiger partial charge in [0.25, 0.3) is 0 Å². The Kier molecular flexibility index (Phi) is 8.65. The van der Waals surface area contributed by atoms with Crippen molar-refractivity contribution in [1.29, 1.82) is 0 Å². The van der Waals surface area contributed by atoms with Gasteiger partial charge in [-0.1, -0.05) is 71.8 Å². The number of hydrogen-bond donors (Lipinski definition) is 3. The minimum absolute atomic E-state index is 0.124. The summed E-state index contributed by atoms with van der Waals surface area (Å²) in [7, 11) is 0. The lowest BCUT2D eigenvalue weighted by Crippen LogP contribution is -2.19. The Labute approximate surface area is 226 Å². The summed E-state index contributed by atoms with van der Waals surface area (Å²) < 4.78 is 0. The predicted octanol–water partition coefficient (Wildman–Crippen LogP) is 8.24. The second-order valence-electron chi connectivity index (χ2n) is 8.33. The first kappa shape index (κ1) is 25.8. The monoisotopic (exact) mass is 531 g/mol. The highest BCUT2D eigenvalue weighted by Crippen LogP contribution is 2.37. The first-order valence-electron chi connectivity index (χ1n) is 11.4. The van der Waals surface area contributed by atoms with Gasteiger partial charge in [0.2, 0.25) is 5.91 Å². The maximum Gasteiger partial charge on any atom is 0.242 e. The summed E-state index contributed by atoms with van der Waals surface area (Å²) in [6.07, 6.45) is 0. The molecule has 36 heavy (non-hydrogen) atoms. The van der Waals surface area contributed by atoms with Crippen LogP contribution in [0, 0.1) is 13.8 Å². The van der Waals surface area contributed by atoms with Crippen molar-refractivity contribution in [2.75, 3.05) is 16.0 Å². The van der Waals surface area contributed by atoms with Crippen LogP contribution >= 0.6 is 35.6 Å². The van der Waals surface area contributed by atoms with Crippen molar-refractivity contribution in [1.82, 2.24) is 0 Å². The van der Waals surface area contributed by atoms with E-state index in [-0.39, 0.29) is 5.91 Å². The number of carbonyl (C=O) groups is 1. The summed E-state index contributed by atoms with van der Waals surface area (Å²) in [6.45, 7) is 3.97. The molecule has 0 saturated heterocycles. The molecule has 4 rings (SSSR count). The highest BCUT2D eigenvalue weighted by atomic mass is 35.5. The number of aryl methyl sites for hydroxylation is 2. The SMILES string of the molecule is Cc1ccc(NC(=S)Nc2cccc(SC(C(=O)Nc3ccc(C)c(Cl)c3)c3ccccc3)c2)cc1. The lowest BCUT2D eigenvalue weighted by atomic mass is 10.1. The molecule has 0 radical (unpaired) electrons. The van der Waals surface area contributed by atoms with Crippen LogP contribution in [0.4, 0.5) is 17.1 Å². The highest BCUT2D eigenvalue weighted by Gasteiger charge is 2.22. The number of hydrogen-bond acceptors (Lipinski definition) is 3. The van der Waals surface area contributed by atoms with E-state index >= 15 is 0 Å². The third-order valence-electron chi connectivity index (χ3n) is 5.44. The van der Waals surface area contributed by atoms with Crippen LogP contribution in [0.25, 0.3) is 0 Å². The molecule has 1 amide bonds. The Morgan fingerprint density at radius 1 is 0.778 bits per heavy atom. The van der Waals surface area contributed by atoms with E-state index in [0.29, 0.717) is 15.8 Å². The van der Waals surface area contributed by atoms with Crippen LogP contribution in [-0.2, 0) is 4.79 Å². The number of thiocarbonyl (C=S) groups is 1. The molecular weight excluding hydrogens is 506 g/mol. The first-order chi connectivity index (χ1) is 17.4. The molecule has 3 N–H and O–H groups in total. The molecule has 0 fully saturated rings. The third kappa shape index (κ3) is 7.10. The number of anilines is 3. The van der Waals surface area contributed by atoms with Gasteiger partial charge in [-0.3, -0.25) is 4.79 Å². The lowest BCUT2D eigenvalue weighted by Gasteiger charge is -2.18. The van der Waals surface area contributed by atoms with Crippen molar-refractivity contribution in [3.8, 4) is 0 Å². The van der Waals surface area contributed by atoms with E-state index in [1.165, 1.54) is 17.3 Å². The van der Waals surface area contributed by atoms with E-state index in [9.17, 15) is 4.79 Å². The van der Waals surface area contributed by atoms with E-state index in [1.807, 2.05) is 105 Å². The molecule has 182 valence electrons. The fourth-order valence-electron chi connectivity index (χ4n) is 3.49. The largest absolute Gasteiger partial charge is 0.332 e. The maximum absolute atomic E-state index is 13.4. The van der Waals surface area contributed by atoms with Crippen LogP contribution in [0.2, 0.25) is 5.02 Å². The van der Waals surface area contributed by atoms with Crippen LogP contribution < -0.4 is 16.0 Å². The van der Waals surface area contributed by atoms with Gasteiger partial charge in [0.15, 0.2) is 5.11 Å². The molecule has 4 aromatic rings. The molecule has 0 aliphatic carbocycles. The van der Waals surface area contributed by atoms with E-state index in [4.69, 9.17) is 23.8 Å². The number of halogens is 1. The van der Waals surface area contributed by atoms with Crippen LogP contribution in [0.5, 0.6) is 0 Å². The smallest absolute Gasteiger partial charge is 0.242 e. The summed E-state index contributed by atoms with van der Waals surface area (Å²) in [6, 6.07) is 31.1. The van der Waals surface area contributed by atoms with Gasteiger partial charge in [-0.2, -0.15) is 0 Å². The normalized spacial score (nSPS) is 11.4. The molecule has 0 spiro atoms. The molecule has 0 saturated carbocycles. The zero-order valence-corrected chi connectivity index (χ0v) is 22.3. The molecule has 0 aromatic heterocycles. The van der Waals surface area contributed by atoms with Crippen molar-refractivity contribution in [2.24, 2.45) is 0 Å². The van der Waals surface area contributed by atoms with E-state index in [1.54, 1.807) is 6.07 Å². The Morgan fingerprint density at radius 3 is 2.17 bits per heavy atom. The molecule has 7 heteroatoms. The molecule has 4 aromatic carbocycles. The third-order valence-corrected chi connectivity index (χ3v) is 7.29. The first-order valence-corrected chi connectivity index (χ1v) is 13.1. The molecule has 0 bridgehead atoms. The summed E-state index contributed by atoms with van der Waals surface area (Å²) >= 11 is 13.2. The number of amides is 1. The predicted molar refractivity (Wildman–Crippen MR) is 157 cm³/mol. The van der Waals surface area contributed by atoms with Crippen LogP contribution in [-0.4, -0.2) is 11.0 Å². The molecule has 0 heterocycles. The van der Waals surface area contributed by atoms with Gasteiger partial charge in [-0.25, -0.2) is 0 Å². The van der Waals surface area contributed by atoms with Gasteiger partial charge < -0.3 is 16.0 Å². The van der Waals surface area contributed by atoms with Gasteiger partial charge in [0, 0.05) is 27.0 Å². The Hall–Kier alpha value is -3.32. The Bertz CT molecular complexity index is 1360. The topological polar surface area (TPSA) is 53.2 Å². The van der Waals surface area contributed by atoms with Crippen molar-refractivity contribution < 1.29 is 4.79 Å². The van der Waals surface area contributed by atoms with Crippen molar-refractivity contribution >= 4 is 63.7 Å². The zero-order valence-electron chi connectivity index (χ0n) is 19.9. The van der Waals surface area contributed by atoms with E-state index in [2.05, 4.69) is 16.0 Å². The fourth-order valence-corrected chi connectivity index (χ4v) is 4.99. The summed E-state index contributed by atoms with van der Waals surface area (Å²) in [5.41, 5.74) is 5.48.